The van der Waals surface area contributed by atoms with Gasteiger partial charge in [-0.1, -0.05) is 6.07 Å². The second-order valence-corrected chi connectivity index (χ2v) is 4.26. The summed E-state index contributed by atoms with van der Waals surface area (Å²) >= 11 is 0. The molecule has 96 valence electrons. The van der Waals surface area contributed by atoms with Crippen molar-refractivity contribution in [1.29, 1.82) is 0 Å². The van der Waals surface area contributed by atoms with Crippen LogP contribution in [0.4, 0.5) is 4.39 Å². The molecule has 2 N–H and O–H groups in total. The minimum Gasteiger partial charge on any atom is -0.504 e. The molecule has 0 spiro atoms. The molecule has 0 atom stereocenters. The standard InChI is InChI=1S/C14H9FO4/c15-9-2-1-3-13-7(9)4-10(16)8-5-11(17)12(18)6-14(8)19-13/h1-3,5-6,17-18H,4H2. The van der Waals surface area contributed by atoms with Crippen LogP contribution >= 0.6 is 0 Å². The molecule has 3 rings (SSSR count). The second-order valence-electron chi connectivity index (χ2n) is 4.26. The van der Waals surface area contributed by atoms with Crippen LogP contribution in [-0.4, -0.2) is 16.0 Å². The Hall–Kier alpha value is -2.56. The topological polar surface area (TPSA) is 66.8 Å². The molecule has 2 aromatic rings. The van der Waals surface area contributed by atoms with E-state index in [2.05, 4.69) is 0 Å². The first kappa shape index (κ1) is 11.5. The Balaban J connectivity index is 2.21. The van der Waals surface area contributed by atoms with Gasteiger partial charge in [-0.15, -0.1) is 0 Å². The highest BCUT2D eigenvalue weighted by molar-refractivity contribution is 6.01. The Morgan fingerprint density at radius 3 is 2.63 bits per heavy atom. The lowest BCUT2D eigenvalue weighted by Crippen LogP contribution is -2.03. The average Bonchev–Trinajstić information content (AvgIpc) is 2.49. The predicted molar refractivity (Wildman–Crippen MR) is 64.3 cm³/mol. The van der Waals surface area contributed by atoms with Gasteiger partial charge in [0.05, 0.1) is 5.56 Å². The summed E-state index contributed by atoms with van der Waals surface area (Å²) in [6.45, 7) is 0. The third-order valence-corrected chi connectivity index (χ3v) is 3.01. The molecule has 19 heavy (non-hydrogen) atoms. The number of hydrogen-bond donors (Lipinski definition) is 2. The number of ether oxygens (including phenoxy) is 1. The molecule has 1 aliphatic rings. The molecule has 0 aromatic heterocycles. The molecule has 0 saturated carbocycles. The maximum absolute atomic E-state index is 13.7. The number of phenolic OH excluding ortho intramolecular Hbond substituents is 2. The quantitative estimate of drug-likeness (QED) is 0.715. The van der Waals surface area contributed by atoms with E-state index in [0.29, 0.717) is 0 Å². The van der Waals surface area contributed by atoms with E-state index in [1.165, 1.54) is 12.1 Å². The third-order valence-electron chi connectivity index (χ3n) is 3.01. The zero-order chi connectivity index (χ0) is 13.6. The summed E-state index contributed by atoms with van der Waals surface area (Å²) in [4.78, 5) is 12.0. The molecule has 0 bridgehead atoms. The van der Waals surface area contributed by atoms with E-state index in [9.17, 15) is 19.4 Å². The van der Waals surface area contributed by atoms with E-state index >= 15 is 0 Å². The van der Waals surface area contributed by atoms with Crippen molar-refractivity contribution in [2.45, 2.75) is 6.42 Å². The van der Waals surface area contributed by atoms with Crippen LogP contribution in [0.2, 0.25) is 0 Å². The van der Waals surface area contributed by atoms with Crippen molar-refractivity contribution in [2.75, 3.05) is 0 Å². The Kier molecular flexibility index (Phi) is 2.41. The summed E-state index contributed by atoms with van der Waals surface area (Å²) in [6, 6.07) is 6.54. The van der Waals surface area contributed by atoms with Gasteiger partial charge in [-0.25, -0.2) is 4.39 Å². The number of ketones is 1. The van der Waals surface area contributed by atoms with Crippen LogP contribution in [0.15, 0.2) is 30.3 Å². The third kappa shape index (κ3) is 1.79. The number of Topliss-reactive ketones (excluding diaryl/α,β-unsaturated/α-hetero) is 1. The number of benzene rings is 2. The van der Waals surface area contributed by atoms with Crippen molar-refractivity contribution in [3.05, 3.63) is 47.3 Å². The van der Waals surface area contributed by atoms with Gasteiger partial charge in [0.2, 0.25) is 0 Å². The number of rotatable bonds is 0. The highest BCUT2D eigenvalue weighted by Gasteiger charge is 2.25. The van der Waals surface area contributed by atoms with Gasteiger partial charge in [0.25, 0.3) is 0 Å². The molecule has 0 aliphatic carbocycles. The molecule has 0 fully saturated rings. The normalized spacial score (nSPS) is 13.2. The molecule has 2 aromatic carbocycles. The van der Waals surface area contributed by atoms with Crippen molar-refractivity contribution < 1.29 is 24.1 Å². The second kappa shape index (κ2) is 3.98. The Labute approximate surface area is 107 Å². The average molecular weight is 260 g/mol. The van der Waals surface area contributed by atoms with Gasteiger partial charge < -0.3 is 14.9 Å². The van der Waals surface area contributed by atoms with Crippen molar-refractivity contribution in [3.8, 4) is 23.0 Å². The predicted octanol–water partition coefficient (Wildman–Crippen LogP) is 2.77. The van der Waals surface area contributed by atoms with Gasteiger partial charge in [-0.2, -0.15) is 0 Å². The summed E-state index contributed by atoms with van der Waals surface area (Å²) in [5.41, 5.74) is 0.286. The lowest BCUT2D eigenvalue weighted by molar-refractivity contribution is 0.0992. The van der Waals surface area contributed by atoms with Crippen molar-refractivity contribution in [3.63, 3.8) is 0 Å². The first-order valence-corrected chi connectivity index (χ1v) is 5.60. The SMILES string of the molecule is O=C1Cc2c(F)cccc2Oc2cc(O)c(O)cc21. The summed E-state index contributed by atoms with van der Waals surface area (Å²) < 4.78 is 19.1. The summed E-state index contributed by atoms with van der Waals surface area (Å²) in [7, 11) is 0. The fraction of sp³-hybridized carbons (Fsp3) is 0.0714. The number of hydrogen-bond acceptors (Lipinski definition) is 4. The Morgan fingerprint density at radius 2 is 1.84 bits per heavy atom. The van der Waals surface area contributed by atoms with Crippen molar-refractivity contribution in [2.24, 2.45) is 0 Å². The molecule has 0 saturated heterocycles. The molecule has 4 nitrogen and oxygen atoms in total. The smallest absolute Gasteiger partial charge is 0.171 e. The number of halogens is 1. The first-order chi connectivity index (χ1) is 9.06. The maximum atomic E-state index is 13.7. The zero-order valence-corrected chi connectivity index (χ0v) is 9.68. The summed E-state index contributed by atoms with van der Waals surface area (Å²) in [5, 5.41) is 18.9. The van der Waals surface area contributed by atoms with Crippen molar-refractivity contribution >= 4 is 5.78 Å². The van der Waals surface area contributed by atoms with Gasteiger partial charge in [0.15, 0.2) is 17.3 Å². The molecular weight excluding hydrogens is 251 g/mol. The lowest BCUT2D eigenvalue weighted by atomic mass is 10.0. The fourth-order valence-corrected chi connectivity index (χ4v) is 2.04. The number of fused-ring (bicyclic) bond motifs is 2. The van der Waals surface area contributed by atoms with E-state index in [1.807, 2.05) is 0 Å². The molecule has 0 unspecified atom stereocenters. The van der Waals surface area contributed by atoms with E-state index in [0.717, 1.165) is 12.1 Å². The molecule has 0 amide bonds. The van der Waals surface area contributed by atoms with Crippen molar-refractivity contribution in [1.82, 2.24) is 0 Å². The number of carbonyl (C=O) groups is 1. The largest absolute Gasteiger partial charge is 0.504 e. The lowest BCUT2D eigenvalue weighted by Gasteiger charge is -2.09. The summed E-state index contributed by atoms with van der Waals surface area (Å²) in [5.74, 6) is -1.38. The summed E-state index contributed by atoms with van der Waals surface area (Å²) in [6.07, 6.45) is -0.154. The van der Waals surface area contributed by atoms with Gasteiger partial charge in [-0.05, 0) is 18.2 Å². The molecule has 5 heteroatoms. The number of carbonyl (C=O) groups excluding carboxylic acids is 1. The van der Waals surface area contributed by atoms with E-state index in [4.69, 9.17) is 4.74 Å². The van der Waals surface area contributed by atoms with E-state index in [1.54, 1.807) is 6.07 Å². The van der Waals surface area contributed by atoms with Crippen LogP contribution < -0.4 is 4.74 Å². The monoisotopic (exact) mass is 260 g/mol. The fourth-order valence-electron chi connectivity index (χ4n) is 2.04. The van der Waals surface area contributed by atoms with Crippen LogP contribution in [0.25, 0.3) is 0 Å². The molecule has 1 heterocycles. The van der Waals surface area contributed by atoms with Crippen LogP contribution in [0.1, 0.15) is 15.9 Å². The highest BCUT2D eigenvalue weighted by atomic mass is 19.1. The van der Waals surface area contributed by atoms with Gasteiger partial charge in [0.1, 0.15) is 17.3 Å². The molecule has 1 aliphatic heterocycles. The van der Waals surface area contributed by atoms with Crippen LogP contribution in [0.3, 0.4) is 0 Å². The minimum absolute atomic E-state index is 0.102. The minimum atomic E-state index is -0.521. The number of aromatic hydroxyl groups is 2. The first-order valence-electron chi connectivity index (χ1n) is 5.60. The Bertz CT molecular complexity index is 694. The van der Waals surface area contributed by atoms with E-state index in [-0.39, 0.29) is 34.8 Å². The van der Waals surface area contributed by atoms with Crippen LogP contribution in [0, 0.1) is 5.82 Å². The Morgan fingerprint density at radius 1 is 1.11 bits per heavy atom. The van der Waals surface area contributed by atoms with Gasteiger partial charge >= 0.3 is 0 Å². The van der Waals surface area contributed by atoms with Crippen LogP contribution in [-0.2, 0) is 6.42 Å². The molecular formula is C14H9FO4. The zero-order valence-electron chi connectivity index (χ0n) is 9.68. The highest BCUT2D eigenvalue weighted by Crippen LogP contribution is 2.39. The maximum Gasteiger partial charge on any atom is 0.171 e. The van der Waals surface area contributed by atoms with Gasteiger partial charge in [0, 0.05) is 18.1 Å². The van der Waals surface area contributed by atoms with Crippen LogP contribution in [0.5, 0.6) is 23.0 Å². The van der Waals surface area contributed by atoms with Gasteiger partial charge in [-0.3, -0.25) is 4.79 Å². The van der Waals surface area contributed by atoms with E-state index < -0.39 is 17.3 Å². The molecule has 0 radical (unpaired) electrons. The number of phenols is 2.